The summed E-state index contributed by atoms with van der Waals surface area (Å²) in [6.45, 7) is 2.72. The van der Waals surface area contributed by atoms with E-state index in [-0.39, 0.29) is 5.91 Å². The molecule has 0 atom stereocenters. The third-order valence-electron chi connectivity index (χ3n) is 4.67. The summed E-state index contributed by atoms with van der Waals surface area (Å²) in [5.41, 5.74) is 6.81. The van der Waals surface area contributed by atoms with Crippen molar-refractivity contribution in [2.75, 3.05) is 0 Å². The van der Waals surface area contributed by atoms with Crippen LogP contribution in [0.25, 0.3) is 10.9 Å². The number of nitrogens with zero attached hydrogens (tertiary/aromatic N) is 2. The van der Waals surface area contributed by atoms with Crippen molar-refractivity contribution >= 4 is 46.0 Å². The Morgan fingerprint density at radius 1 is 1.14 bits per heavy atom. The molecule has 0 unspecified atom stereocenters. The molecule has 0 spiro atoms. The van der Waals surface area contributed by atoms with Crippen molar-refractivity contribution < 1.29 is 4.79 Å². The van der Waals surface area contributed by atoms with Crippen molar-refractivity contribution in [3.63, 3.8) is 0 Å². The minimum Gasteiger partial charge on any atom is -0.340 e. The lowest BCUT2D eigenvalue weighted by Gasteiger charge is -2.10. The molecule has 140 valence electrons. The fourth-order valence-corrected chi connectivity index (χ4v) is 4.05. The number of para-hydroxylation sites is 1. The van der Waals surface area contributed by atoms with Crippen LogP contribution in [-0.4, -0.2) is 16.7 Å². The Balaban J connectivity index is 1.67. The second-order valence-corrected chi connectivity index (χ2v) is 7.73. The molecule has 2 heterocycles. The van der Waals surface area contributed by atoms with Crippen LogP contribution in [0.1, 0.15) is 26.5 Å². The second kappa shape index (κ2) is 8.00. The number of hydrogen-bond acceptors (Lipinski definition) is 3. The first-order valence-corrected chi connectivity index (χ1v) is 10.1. The number of carbonyl (C=O) groups excluding carboxylic acids is 1. The fourth-order valence-electron chi connectivity index (χ4n) is 3.24. The third-order valence-corrected chi connectivity index (χ3v) is 5.91. The van der Waals surface area contributed by atoms with Crippen LogP contribution in [0, 0.1) is 6.92 Å². The number of hydrazone groups is 1. The minimum absolute atomic E-state index is 0.205. The van der Waals surface area contributed by atoms with Gasteiger partial charge in [0.25, 0.3) is 5.91 Å². The van der Waals surface area contributed by atoms with E-state index in [1.54, 1.807) is 12.3 Å². The highest BCUT2D eigenvalue weighted by Gasteiger charge is 2.14. The van der Waals surface area contributed by atoms with Crippen molar-refractivity contribution in [1.82, 2.24) is 9.99 Å². The number of fused-ring (bicyclic) bond motifs is 1. The number of hydrogen-bond donors (Lipinski definition) is 1. The monoisotopic (exact) mass is 407 g/mol. The molecule has 0 aliphatic carbocycles. The first-order chi connectivity index (χ1) is 13.6. The Bertz CT molecular complexity index is 1160. The maximum Gasteiger partial charge on any atom is 0.281 e. The van der Waals surface area contributed by atoms with Crippen LogP contribution in [0.3, 0.4) is 0 Å². The van der Waals surface area contributed by atoms with E-state index in [1.807, 2.05) is 47.8 Å². The van der Waals surface area contributed by atoms with Crippen LogP contribution >= 0.6 is 22.9 Å². The van der Waals surface area contributed by atoms with E-state index >= 15 is 0 Å². The molecule has 6 heteroatoms. The highest BCUT2D eigenvalue weighted by atomic mass is 35.5. The van der Waals surface area contributed by atoms with Crippen LogP contribution in [0.15, 0.2) is 71.1 Å². The molecule has 2 aromatic heterocycles. The van der Waals surface area contributed by atoms with Gasteiger partial charge in [-0.05, 0) is 36.1 Å². The average Bonchev–Trinajstić information content (AvgIpc) is 3.33. The molecule has 0 radical (unpaired) electrons. The fraction of sp³-hybridized carbons (Fsp3) is 0.0909. The molecule has 2 aromatic carbocycles. The minimum atomic E-state index is -0.205. The molecule has 0 fully saturated rings. The quantitative estimate of drug-likeness (QED) is 0.345. The number of carbonyl (C=O) groups is 1. The zero-order chi connectivity index (χ0) is 19.5. The molecule has 0 saturated carbocycles. The summed E-state index contributed by atoms with van der Waals surface area (Å²) in [5, 5.41) is 7.89. The van der Waals surface area contributed by atoms with Crippen molar-refractivity contribution in [1.29, 1.82) is 0 Å². The molecule has 1 amide bonds. The molecule has 4 nitrogen and oxygen atoms in total. The van der Waals surface area contributed by atoms with Gasteiger partial charge >= 0.3 is 0 Å². The van der Waals surface area contributed by atoms with Gasteiger partial charge in [0.15, 0.2) is 0 Å². The summed E-state index contributed by atoms with van der Waals surface area (Å²) < 4.78 is 2.22. The zero-order valence-electron chi connectivity index (χ0n) is 15.2. The number of amides is 1. The lowest BCUT2D eigenvalue weighted by molar-refractivity contribution is 0.0959. The molecule has 1 N–H and O–H groups in total. The predicted molar refractivity (Wildman–Crippen MR) is 117 cm³/mol. The molecule has 0 aliphatic heterocycles. The third kappa shape index (κ3) is 3.59. The topological polar surface area (TPSA) is 46.4 Å². The van der Waals surface area contributed by atoms with Gasteiger partial charge in [-0.1, -0.05) is 54.1 Å². The van der Waals surface area contributed by atoms with Crippen molar-refractivity contribution in [3.05, 3.63) is 92.8 Å². The van der Waals surface area contributed by atoms with Gasteiger partial charge in [-0.3, -0.25) is 4.79 Å². The lowest BCUT2D eigenvalue weighted by atomic mass is 10.1. The van der Waals surface area contributed by atoms with E-state index in [9.17, 15) is 4.79 Å². The molecule has 28 heavy (non-hydrogen) atoms. The molecule has 0 aliphatic rings. The summed E-state index contributed by atoms with van der Waals surface area (Å²) in [6.07, 6.45) is 1.71. The summed E-state index contributed by atoms with van der Waals surface area (Å²) in [7, 11) is 0. The summed E-state index contributed by atoms with van der Waals surface area (Å²) in [5.74, 6) is -0.205. The van der Waals surface area contributed by atoms with E-state index in [4.69, 9.17) is 11.6 Å². The van der Waals surface area contributed by atoms with Gasteiger partial charge in [-0.2, -0.15) is 5.10 Å². The average molecular weight is 408 g/mol. The van der Waals surface area contributed by atoms with Crippen molar-refractivity contribution in [2.45, 2.75) is 13.5 Å². The number of rotatable bonds is 5. The molecule has 4 aromatic rings. The Kier molecular flexibility index (Phi) is 5.28. The van der Waals surface area contributed by atoms with Gasteiger partial charge in [0.1, 0.15) is 0 Å². The molecule has 0 saturated heterocycles. The standard InChI is InChI=1S/C22H18ClN3OS/c1-15-18(13-24-25-22(27)21-11-6-12-28-21)17-8-3-5-10-20(17)26(15)14-16-7-2-4-9-19(16)23/h2-13H,14H2,1H3,(H,25,27)/b24-13+. The molecule has 4 rings (SSSR count). The van der Waals surface area contributed by atoms with Crippen LogP contribution < -0.4 is 5.43 Å². The number of thiophene rings is 1. The summed E-state index contributed by atoms with van der Waals surface area (Å²) >= 11 is 7.75. The van der Waals surface area contributed by atoms with Crippen molar-refractivity contribution in [2.24, 2.45) is 5.10 Å². The normalized spacial score (nSPS) is 11.4. The van der Waals surface area contributed by atoms with Gasteiger partial charge in [0, 0.05) is 33.7 Å². The van der Waals surface area contributed by atoms with E-state index in [0.29, 0.717) is 11.4 Å². The van der Waals surface area contributed by atoms with Gasteiger partial charge in [0.2, 0.25) is 0 Å². The number of benzene rings is 2. The lowest BCUT2D eigenvalue weighted by Crippen LogP contribution is -2.16. The second-order valence-electron chi connectivity index (χ2n) is 6.37. The maximum absolute atomic E-state index is 12.1. The number of aromatic nitrogens is 1. The van der Waals surface area contributed by atoms with Crippen LogP contribution in [0.2, 0.25) is 5.02 Å². The Morgan fingerprint density at radius 2 is 1.93 bits per heavy atom. The largest absolute Gasteiger partial charge is 0.340 e. The van der Waals surface area contributed by atoms with E-state index in [2.05, 4.69) is 34.2 Å². The highest BCUT2D eigenvalue weighted by Crippen LogP contribution is 2.27. The molecular formula is C22H18ClN3OS. The first kappa shape index (κ1) is 18.5. The Morgan fingerprint density at radius 3 is 2.71 bits per heavy atom. The SMILES string of the molecule is Cc1c(/C=N/NC(=O)c2cccs2)c2ccccc2n1Cc1ccccc1Cl. The van der Waals surface area contributed by atoms with E-state index < -0.39 is 0 Å². The van der Waals surface area contributed by atoms with Crippen LogP contribution in [0.4, 0.5) is 0 Å². The van der Waals surface area contributed by atoms with Gasteiger partial charge < -0.3 is 4.57 Å². The van der Waals surface area contributed by atoms with Gasteiger partial charge in [-0.15, -0.1) is 11.3 Å². The van der Waals surface area contributed by atoms with Gasteiger partial charge in [0.05, 0.1) is 11.1 Å². The van der Waals surface area contributed by atoms with E-state index in [1.165, 1.54) is 11.3 Å². The highest BCUT2D eigenvalue weighted by molar-refractivity contribution is 7.12. The van der Waals surface area contributed by atoms with Crippen molar-refractivity contribution in [3.8, 4) is 0 Å². The summed E-state index contributed by atoms with van der Waals surface area (Å²) in [4.78, 5) is 12.7. The van der Waals surface area contributed by atoms with Crippen LogP contribution in [0.5, 0.6) is 0 Å². The Hall–Kier alpha value is -2.89. The number of halogens is 1. The molecular weight excluding hydrogens is 390 g/mol. The number of nitrogens with one attached hydrogen (secondary N) is 1. The maximum atomic E-state index is 12.1. The predicted octanol–water partition coefficient (Wildman–Crippen LogP) is 5.48. The summed E-state index contributed by atoms with van der Waals surface area (Å²) in [6, 6.07) is 19.6. The van der Waals surface area contributed by atoms with Crippen LogP contribution in [-0.2, 0) is 6.54 Å². The smallest absolute Gasteiger partial charge is 0.281 e. The molecule has 0 bridgehead atoms. The van der Waals surface area contributed by atoms with E-state index in [0.717, 1.165) is 32.7 Å². The Labute approximate surface area is 172 Å². The zero-order valence-corrected chi connectivity index (χ0v) is 16.8. The van der Waals surface area contributed by atoms with Gasteiger partial charge in [-0.25, -0.2) is 5.43 Å². The first-order valence-electron chi connectivity index (χ1n) is 8.83.